The Balaban J connectivity index is 2.34. The average Bonchev–Trinajstić information content (AvgIpc) is 2.74. The van der Waals surface area contributed by atoms with E-state index in [2.05, 4.69) is 9.97 Å². The first-order valence-corrected chi connectivity index (χ1v) is 5.74. The number of aromatic nitrogens is 3. The van der Waals surface area contributed by atoms with Crippen LogP contribution in [0.3, 0.4) is 0 Å². The lowest BCUT2D eigenvalue weighted by Gasteiger charge is -2.18. The summed E-state index contributed by atoms with van der Waals surface area (Å²) < 4.78 is 63.6. The normalized spacial score (nSPS) is 12.8. The Morgan fingerprint density at radius 3 is 2.52 bits per heavy atom. The molecule has 2 rings (SSSR count). The van der Waals surface area contributed by atoms with Crippen LogP contribution in [0.1, 0.15) is 17.9 Å². The van der Waals surface area contributed by atoms with Crippen LogP contribution in [0.2, 0.25) is 0 Å². The zero-order valence-electron chi connectivity index (χ0n) is 10.5. The minimum absolute atomic E-state index is 0.0524. The molecule has 2 aromatic rings. The van der Waals surface area contributed by atoms with Crippen molar-refractivity contribution >= 4 is 11.5 Å². The molecule has 3 N–H and O–H groups in total. The number of nitrogens with zero attached hydrogens (tertiary/aromatic N) is 3. The monoisotopic (exact) mass is 307 g/mol. The highest BCUT2D eigenvalue weighted by molar-refractivity contribution is 5.92. The van der Waals surface area contributed by atoms with Crippen molar-refractivity contribution < 1.29 is 22.0 Å². The second-order valence-electron chi connectivity index (χ2n) is 4.31. The van der Waals surface area contributed by atoms with Gasteiger partial charge in [-0.2, -0.15) is 22.0 Å². The van der Waals surface area contributed by atoms with Crippen LogP contribution in [0.25, 0.3) is 5.65 Å². The van der Waals surface area contributed by atoms with Crippen molar-refractivity contribution in [2.75, 3.05) is 0 Å². The van der Waals surface area contributed by atoms with Crippen LogP contribution in [0.15, 0.2) is 18.5 Å². The van der Waals surface area contributed by atoms with Gasteiger partial charge in [-0.25, -0.2) is 9.97 Å². The summed E-state index contributed by atoms with van der Waals surface area (Å²) in [6, 6.07) is 1.50. The summed E-state index contributed by atoms with van der Waals surface area (Å²) in [6.07, 6.45) is -4.92. The maximum absolute atomic E-state index is 12.9. The van der Waals surface area contributed by atoms with Gasteiger partial charge in [0, 0.05) is 18.8 Å². The lowest BCUT2D eigenvalue weighted by Crippen LogP contribution is -2.36. The Kier molecular flexibility index (Phi) is 3.56. The van der Waals surface area contributed by atoms with Crippen LogP contribution in [-0.4, -0.2) is 32.3 Å². The van der Waals surface area contributed by atoms with E-state index in [9.17, 15) is 22.0 Å². The SMILES string of the molecule is N=C(N)c1nc(CCC(F)(F)C(F)(F)F)c2ncccn12. The Morgan fingerprint density at radius 1 is 1.29 bits per heavy atom. The van der Waals surface area contributed by atoms with Crippen LogP contribution < -0.4 is 5.73 Å². The van der Waals surface area contributed by atoms with Crippen LogP contribution in [0.4, 0.5) is 22.0 Å². The smallest absolute Gasteiger partial charge is 0.381 e. The van der Waals surface area contributed by atoms with Gasteiger partial charge in [0.15, 0.2) is 17.3 Å². The highest BCUT2D eigenvalue weighted by Gasteiger charge is 2.56. The number of alkyl halides is 5. The summed E-state index contributed by atoms with van der Waals surface area (Å²) in [7, 11) is 0. The van der Waals surface area contributed by atoms with E-state index < -0.39 is 30.8 Å². The molecule has 114 valence electrons. The predicted octanol–water partition coefficient (Wildman–Crippen LogP) is 2.14. The van der Waals surface area contributed by atoms with Crippen LogP contribution in [-0.2, 0) is 6.42 Å². The number of nitrogens with two attached hydrogens (primary N) is 1. The largest absolute Gasteiger partial charge is 0.453 e. The van der Waals surface area contributed by atoms with Crippen molar-refractivity contribution in [2.45, 2.75) is 24.9 Å². The van der Waals surface area contributed by atoms with Gasteiger partial charge in [0.2, 0.25) is 0 Å². The quantitative estimate of drug-likeness (QED) is 0.516. The van der Waals surface area contributed by atoms with Crippen molar-refractivity contribution in [3.63, 3.8) is 0 Å². The predicted molar refractivity (Wildman–Crippen MR) is 63.3 cm³/mol. The first-order valence-electron chi connectivity index (χ1n) is 5.74. The van der Waals surface area contributed by atoms with Crippen molar-refractivity contribution in [3.8, 4) is 0 Å². The molecule has 0 fully saturated rings. The summed E-state index contributed by atoms with van der Waals surface area (Å²) in [4.78, 5) is 7.69. The molecule has 10 heteroatoms. The van der Waals surface area contributed by atoms with Gasteiger partial charge in [0.1, 0.15) is 0 Å². The number of aryl methyl sites for hydroxylation is 1. The molecule has 0 bridgehead atoms. The number of rotatable bonds is 4. The van der Waals surface area contributed by atoms with E-state index in [1.54, 1.807) is 0 Å². The number of fused-ring (bicyclic) bond motifs is 1. The summed E-state index contributed by atoms with van der Waals surface area (Å²) in [5.41, 5.74) is 5.32. The minimum Gasteiger partial charge on any atom is -0.381 e. The van der Waals surface area contributed by atoms with Gasteiger partial charge in [0.25, 0.3) is 0 Å². The number of halogens is 5. The Hall–Kier alpha value is -2.26. The summed E-state index contributed by atoms with van der Waals surface area (Å²) in [5, 5.41) is 7.32. The van der Waals surface area contributed by atoms with Gasteiger partial charge in [0.05, 0.1) is 5.69 Å². The second kappa shape index (κ2) is 4.93. The molecular formula is C11H10F5N5. The minimum atomic E-state index is -5.61. The third-order valence-electron chi connectivity index (χ3n) is 2.80. The van der Waals surface area contributed by atoms with E-state index >= 15 is 0 Å². The van der Waals surface area contributed by atoms with E-state index in [0.717, 1.165) is 0 Å². The molecule has 0 radical (unpaired) electrons. The Morgan fingerprint density at radius 2 is 1.95 bits per heavy atom. The van der Waals surface area contributed by atoms with Gasteiger partial charge >= 0.3 is 12.1 Å². The zero-order valence-corrected chi connectivity index (χ0v) is 10.5. The second-order valence-corrected chi connectivity index (χ2v) is 4.31. The van der Waals surface area contributed by atoms with Crippen LogP contribution >= 0.6 is 0 Å². The molecular weight excluding hydrogens is 297 g/mol. The van der Waals surface area contributed by atoms with E-state index in [1.165, 1.54) is 22.9 Å². The third-order valence-corrected chi connectivity index (χ3v) is 2.80. The fourth-order valence-corrected chi connectivity index (χ4v) is 1.76. The highest BCUT2D eigenvalue weighted by atomic mass is 19.4. The number of nitrogen functional groups attached to an aromatic ring is 1. The number of amidine groups is 1. The average molecular weight is 307 g/mol. The molecule has 0 amide bonds. The number of hydrogen-bond donors (Lipinski definition) is 2. The Labute approximate surface area is 115 Å². The zero-order chi connectivity index (χ0) is 15.8. The molecule has 5 nitrogen and oxygen atoms in total. The molecule has 0 aliphatic carbocycles. The molecule has 0 atom stereocenters. The molecule has 0 aliphatic heterocycles. The number of imidazole rings is 1. The molecule has 0 unspecified atom stereocenters. The van der Waals surface area contributed by atoms with E-state index in [1.807, 2.05) is 0 Å². The fraction of sp³-hybridized carbons (Fsp3) is 0.364. The van der Waals surface area contributed by atoms with Gasteiger partial charge in [-0.1, -0.05) is 0 Å². The van der Waals surface area contributed by atoms with Crippen molar-refractivity contribution in [3.05, 3.63) is 30.0 Å². The fourth-order valence-electron chi connectivity index (χ4n) is 1.76. The van der Waals surface area contributed by atoms with Gasteiger partial charge in [-0.3, -0.25) is 9.81 Å². The van der Waals surface area contributed by atoms with Crippen LogP contribution in [0, 0.1) is 5.41 Å². The number of nitrogens with one attached hydrogen (secondary N) is 1. The molecule has 0 aliphatic rings. The summed E-state index contributed by atoms with van der Waals surface area (Å²) in [5.74, 6) is -5.30. The third kappa shape index (κ3) is 2.78. The maximum Gasteiger partial charge on any atom is 0.453 e. The van der Waals surface area contributed by atoms with Gasteiger partial charge in [-0.15, -0.1) is 0 Å². The Bertz CT molecular complexity index is 675. The standard InChI is InChI=1S/C11H10F5N5/c12-10(13,11(14,15)16)3-2-6-8-19-4-1-5-21(8)9(20-6)7(17)18/h1,4-5H,2-3H2,(H3,17,18). The van der Waals surface area contributed by atoms with Crippen molar-refractivity contribution in [1.82, 2.24) is 14.4 Å². The topological polar surface area (TPSA) is 80.1 Å². The van der Waals surface area contributed by atoms with Crippen LogP contribution in [0.5, 0.6) is 0 Å². The van der Waals surface area contributed by atoms with E-state index in [4.69, 9.17) is 11.1 Å². The molecule has 2 aromatic heterocycles. The van der Waals surface area contributed by atoms with Crippen molar-refractivity contribution in [1.29, 1.82) is 5.41 Å². The molecule has 21 heavy (non-hydrogen) atoms. The first kappa shape index (κ1) is 15.1. The van der Waals surface area contributed by atoms with Gasteiger partial charge in [-0.05, 0) is 12.5 Å². The molecule has 0 saturated heterocycles. The molecule has 2 heterocycles. The van der Waals surface area contributed by atoms with E-state index in [0.29, 0.717) is 0 Å². The summed E-state index contributed by atoms with van der Waals surface area (Å²) in [6.45, 7) is 0. The lowest BCUT2D eigenvalue weighted by atomic mass is 10.1. The lowest BCUT2D eigenvalue weighted by molar-refractivity contribution is -0.284. The van der Waals surface area contributed by atoms with E-state index in [-0.39, 0.29) is 17.2 Å². The maximum atomic E-state index is 12.9. The molecule has 0 aromatic carbocycles. The molecule has 0 saturated carbocycles. The molecule has 0 spiro atoms. The first-order chi connectivity index (χ1) is 9.63. The summed E-state index contributed by atoms with van der Waals surface area (Å²) >= 11 is 0. The highest BCUT2D eigenvalue weighted by Crippen LogP contribution is 2.38. The van der Waals surface area contributed by atoms with Gasteiger partial charge < -0.3 is 5.73 Å². The van der Waals surface area contributed by atoms with Crippen molar-refractivity contribution in [2.24, 2.45) is 5.73 Å². The number of hydrogen-bond acceptors (Lipinski definition) is 3.